The molecule has 0 amide bonds. The quantitative estimate of drug-likeness (QED) is 0.706. The number of hydrogen-bond acceptors (Lipinski definition) is 2. The molecule has 1 aromatic rings. The molecule has 82 valence electrons. The largest absolute Gasteiger partial charge is 0.466 e. The number of aryl methyl sites for hydroxylation is 2. The Kier molecular flexibility index (Phi) is 2.94. The molecule has 1 fully saturated rings. The van der Waals surface area contributed by atoms with E-state index in [2.05, 4.69) is 0 Å². The molecule has 1 aliphatic carbocycles. The zero-order chi connectivity index (χ0) is 10.8. The zero-order valence-corrected chi connectivity index (χ0v) is 9.51. The molecule has 1 heterocycles. The second-order valence-electron chi connectivity index (χ2n) is 4.60. The van der Waals surface area contributed by atoms with Crippen LogP contribution in [0.5, 0.6) is 0 Å². The average molecular weight is 206 g/mol. The Morgan fingerprint density at radius 3 is 2.60 bits per heavy atom. The SMILES string of the molecule is Cc1cc(C(=O)CC2CCCC2)c(C)o1. The number of ketones is 1. The van der Waals surface area contributed by atoms with Crippen LogP contribution in [0.3, 0.4) is 0 Å². The molecule has 1 aliphatic rings. The fourth-order valence-electron chi connectivity index (χ4n) is 2.49. The van der Waals surface area contributed by atoms with Gasteiger partial charge in [0.25, 0.3) is 0 Å². The summed E-state index contributed by atoms with van der Waals surface area (Å²) in [6.07, 6.45) is 5.74. The van der Waals surface area contributed by atoms with E-state index >= 15 is 0 Å². The van der Waals surface area contributed by atoms with E-state index < -0.39 is 0 Å². The summed E-state index contributed by atoms with van der Waals surface area (Å²) in [5, 5.41) is 0. The first kappa shape index (κ1) is 10.5. The minimum atomic E-state index is 0.260. The van der Waals surface area contributed by atoms with Crippen molar-refractivity contribution < 1.29 is 9.21 Å². The van der Waals surface area contributed by atoms with Gasteiger partial charge in [0, 0.05) is 6.42 Å². The van der Waals surface area contributed by atoms with Crippen molar-refractivity contribution >= 4 is 5.78 Å². The van der Waals surface area contributed by atoms with E-state index in [1.165, 1.54) is 25.7 Å². The molecule has 0 N–H and O–H groups in total. The van der Waals surface area contributed by atoms with Crippen molar-refractivity contribution in [2.45, 2.75) is 46.0 Å². The lowest BCUT2D eigenvalue weighted by molar-refractivity contribution is 0.0960. The van der Waals surface area contributed by atoms with Gasteiger partial charge in [0.15, 0.2) is 5.78 Å². The molecule has 2 rings (SSSR count). The van der Waals surface area contributed by atoms with Crippen LogP contribution in [0, 0.1) is 19.8 Å². The minimum absolute atomic E-state index is 0.260. The minimum Gasteiger partial charge on any atom is -0.466 e. The van der Waals surface area contributed by atoms with Gasteiger partial charge in [0.2, 0.25) is 0 Å². The first-order chi connectivity index (χ1) is 7.16. The number of furan rings is 1. The van der Waals surface area contributed by atoms with Gasteiger partial charge in [-0.2, -0.15) is 0 Å². The molecule has 0 aliphatic heterocycles. The van der Waals surface area contributed by atoms with Crippen molar-refractivity contribution in [2.75, 3.05) is 0 Å². The van der Waals surface area contributed by atoms with Crippen LogP contribution in [0.15, 0.2) is 10.5 Å². The Balaban J connectivity index is 2.03. The number of rotatable bonds is 3. The third kappa shape index (κ3) is 2.31. The van der Waals surface area contributed by atoms with Crippen molar-refractivity contribution in [1.82, 2.24) is 0 Å². The number of Topliss-reactive ketones (excluding diaryl/α,β-unsaturated/α-hetero) is 1. The molecule has 0 unspecified atom stereocenters. The van der Waals surface area contributed by atoms with Crippen molar-refractivity contribution in [3.8, 4) is 0 Å². The molecule has 15 heavy (non-hydrogen) atoms. The van der Waals surface area contributed by atoms with Crippen molar-refractivity contribution in [3.05, 3.63) is 23.2 Å². The van der Waals surface area contributed by atoms with Gasteiger partial charge in [0.1, 0.15) is 11.5 Å². The number of carbonyl (C=O) groups is 1. The van der Waals surface area contributed by atoms with Crippen LogP contribution < -0.4 is 0 Å². The van der Waals surface area contributed by atoms with Crippen LogP contribution in [-0.4, -0.2) is 5.78 Å². The molecule has 0 atom stereocenters. The van der Waals surface area contributed by atoms with Crippen LogP contribution >= 0.6 is 0 Å². The second-order valence-corrected chi connectivity index (χ2v) is 4.60. The molecule has 1 saturated carbocycles. The van der Waals surface area contributed by atoms with Crippen molar-refractivity contribution in [1.29, 1.82) is 0 Å². The standard InChI is InChI=1S/C13H18O2/c1-9-7-12(10(2)15-9)13(14)8-11-5-3-4-6-11/h7,11H,3-6,8H2,1-2H3. The smallest absolute Gasteiger partial charge is 0.166 e. The Bertz CT molecular complexity index is 357. The monoisotopic (exact) mass is 206 g/mol. The van der Waals surface area contributed by atoms with Gasteiger partial charge in [0.05, 0.1) is 5.56 Å². The Hall–Kier alpha value is -1.05. The molecule has 0 bridgehead atoms. The van der Waals surface area contributed by atoms with Crippen LogP contribution in [0.4, 0.5) is 0 Å². The number of hydrogen-bond donors (Lipinski definition) is 0. The fourth-order valence-corrected chi connectivity index (χ4v) is 2.49. The van der Waals surface area contributed by atoms with Gasteiger partial charge in [-0.25, -0.2) is 0 Å². The predicted octanol–water partition coefficient (Wildman–Crippen LogP) is 3.66. The van der Waals surface area contributed by atoms with Gasteiger partial charge < -0.3 is 4.42 Å². The third-order valence-corrected chi connectivity index (χ3v) is 3.29. The summed E-state index contributed by atoms with van der Waals surface area (Å²) < 4.78 is 5.38. The summed E-state index contributed by atoms with van der Waals surface area (Å²) in [5.41, 5.74) is 0.791. The van der Waals surface area contributed by atoms with Gasteiger partial charge >= 0.3 is 0 Å². The van der Waals surface area contributed by atoms with E-state index in [1.54, 1.807) is 0 Å². The lowest BCUT2D eigenvalue weighted by Gasteiger charge is -2.06. The van der Waals surface area contributed by atoms with E-state index in [0.29, 0.717) is 12.3 Å². The van der Waals surface area contributed by atoms with Crippen LogP contribution in [0.1, 0.15) is 54.0 Å². The molecule has 2 nitrogen and oxygen atoms in total. The molecular weight excluding hydrogens is 188 g/mol. The van der Waals surface area contributed by atoms with E-state index in [9.17, 15) is 4.79 Å². The lowest BCUT2D eigenvalue weighted by atomic mass is 9.97. The normalized spacial score (nSPS) is 17.2. The van der Waals surface area contributed by atoms with Crippen LogP contribution in [0.25, 0.3) is 0 Å². The van der Waals surface area contributed by atoms with E-state index in [1.807, 2.05) is 19.9 Å². The van der Waals surface area contributed by atoms with Crippen molar-refractivity contribution in [3.63, 3.8) is 0 Å². The predicted molar refractivity (Wildman–Crippen MR) is 59.1 cm³/mol. The van der Waals surface area contributed by atoms with Crippen LogP contribution in [-0.2, 0) is 0 Å². The van der Waals surface area contributed by atoms with E-state index in [4.69, 9.17) is 4.42 Å². The van der Waals surface area contributed by atoms with Gasteiger partial charge in [-0.15, -0.1) is 0 Å². The molecule has 2 heteroatoms. The summed E-state index contributed by atoms with van der Waals surface area (Å²) in [6.45, 7) is 3.76. The Morgan fingerprint density at radius 2 is 2.07 bits per heavy atom. The molecular formula is C13H18O2. The average Bonchev–Trinajstić information content (AvgIpc) is 2.75. The maximum atomic E-state index is 12.0. The van der Waals surface area contributed by atoms with Crippen molar-refractivity contribution in [2.24, 2.45) is 5.92 Å². The summed E-state index contributed by atoms with van der Waals surface area (Å²) in [6, 6.07) is 1.87. The maximum absolute atomic E-state index is 12.0. The third-order valence-electron chi connectivity index (χ3n) is 3.29. The highest BCUT2D eigenvalue weighted by molar-refractivity contribution is 5.97. The number of carbonyl (C=O) groups excluding carboxylic acids is 1. The molecule has 0 aromatic carbocycles. The van der Waals surface area contributed by atoms with E-state index in [0.717, 1.165) is 17.1 Å². The molecule has 1 aromatic heterocycles. The Morgan fingerprint density at radius 1 is 1.40 bits per heavy atom. The first-order valence-corrected chi connectivity index (χ1v) is 5.77. The van der Waals surface area contributed by atoms with Gasteiger partial charge in [-0.05, 0) is 25.8 Å². The van der Waals surface area contributed by atoms with Gasteiger partial charge in [-0.1, -0.05) is 25.7 Å². The zero-order valence-electron chi connectivity index (χ0n) is 9.51. The summed E-state index contributed by atoms with van der Waals surface area (Å²) in [7, 11) is 0. The van der Waals surface area contributed by atoms with Gasteiger partial charge in [-0.3, -0.25) is 4.79 Å². The summed E-state index contributed by atoms with van der Waals surface area (Å²) in [4.78, 5) is 12.0. The molecule has 0 spiro atoms. The highest BCUT2D eigenvalue weighted by Crippen LogP contribution is 2.29. The molecule has 0 radical (unpaired) electrons. The highest BCUT2D eigenvalue weighted by atomic mass is 16.3. The fraction of sp³-hybridized carbons (Fsp3) is 0.615. The van der Waals surface area contributed by atoms with Crippen LogP contribution in [0.2, 0.25) is 0 Å². The lowest BCUT2D eigenvalue weighted by Crippen LogP contribution is -2.05. The first-order valence-electron chi connectivity index (χ1n) is 5.77. The molecule has 0 saturated heterocycles. The second kappa shape index (κ2) is 4.21. The maximum Gasteiger partial charge on any atom is 0.166 e. The highest BCUT2D eigenvalue weighted by Gasteiger charge is 2.21. The topological polar surface area (TPSA) is 30.2 Å². The van der Waals surface area contributed by atoms with E-state index in [-0.39, 0.29) is 5.78 Å². The Labute approximate surface area is 90.7 Å². The summed E-state index contributed by atoms with van der Waals surface area (Å²) >= 11 is 0. The summed E-state index contributed by atoms with van der Waals surface area (Å²) in [5.74, 6) is 2.49.